The number of aryl methyl sites for hydroxylation is 1. The van der Waals surface area contributed by atoms with Crippen molar-refractivity contribution in [3.8, 4) is 0 Å². The molecule has 1 aliphatic heterocycles. The number of halogens is 1. The van der Waals surface area contributed by atoms with Gasteiger partial charge in [0.05, 0.1) is 13.2 Å². The summed E-state index contributed by atoms with van der Waals surface area (Å²) in [6.45, 7) is 4.66. The first-order valence-electron chi connectivity index (χ1n) is 7.67. The largest absolute Gasteiger partial charge is 0.376 e. The number of rotatable bonds is 5. The molecule has 1 saturated heterocycles. The normalized spacial score (nSPS) is 17.7. The highest BCUT2D eigenvalue weighted by molar-refractivity contribution is 7.15. The third-order valence-corrected chi connectivity index (χ3v) is 5.09. The average Bonchev–Trinajstić information content (AvgIpc) is 3.14. The van der Waals surface area contributed by atoms with Crippen molar-refractivity contribution in [1.29, 1.82) is 0 Å². The minimum absolute atomic E-state index is 0.0174. The van der Waals surface area contributed by atoms with Crippen LogP contribution in [0.25, 0.3) is 0 Å². The van der Waals surface area contributed by atoms with E-state index in [9.17, 15) is 4.79 Å². The molecule has 1 atom stereocenters. The first-order valence-corrected chi connectivity index (χ1v) is 8.87. The quantitative estimate of drug-likeness (QED) is 0.824. The van der Waals surface area contributed by atoms with E-state index in [2.05, 4.69) is 17.1 Å². The molecule has 2 aromatic rings. The van der Waals surface area contributed by atoms with Crippen LogP contribution in [0.1, 0.15) is 27.3 Å². The van der Waals surface area contributed by atoms with Crippen LogP contribution in [0.5, 0.6) is 0 Å². The fourth-order valence-electron chi connectivity index (χ4n) is 2.78. The van der Waals surface area contributed by atoms with Gasteiger partial charge in [-0.3, -0.25) is 4.79 Å². The fraction of sp³-hybridized carbons (Fsp3) is 0.412. The third-order valence-electron chi connectivity index (χ3n) is 4.01. The number of thiazole rings is 1. The molecule has 0 unspecified atom stereocenters. The molecule has 122 valence electrons. The second-order valence-electron chi connectivity index (χ2n) is 5.78. The third kappa shape index (κ3) is 4.10. The average molecular weight is 351 g/mol. The summed E-state index contributed by atoms with van der Waals surface area (Å²) in [7, 11) is 0. The second-order valence-corrected chi connectivity index (χ2v) is 7.56. The Morgan fingerprint density at radius 3 is 2.91 bits per heavy atom. The van der Waals surface area contributed by atoms with E-state index < -0.39 is 0 Å². The summed E-state index contributed by atoms with van der Waals surface area (Å²) < 4.78 is 6.22. The summed E-state index contributed by atoms with van der Waals surface area (Å²) in [5.41, 5.74) is 1.66. The molecule has 0 aliphatic carbocycles. The minimum atomic E-state index is -0.0174. The second kappa shape index (κ2) is 7.43. The standard InChI is InChI=1S/C17H19ClN2O2S/c1-12-15(19-17(18)23-12)16(21)20-8-7-14(9-20)11-22-10-13-5-3-2-4-6-13/h2-6,14H,7-11H2,1H3/t14-/m1/s1. The molecule has 0 bridgehead atoms. The lowest BCUT2D eigenvalue weighted by molar-refractivity contribution is 0.0728. The molecule has 23 heavy (non-hydrogen) atoms. The molecule has 1 fully saturated rings. The molecule has 1 aromatic heterocycles. The molecule has 1 aromatic carbocycles. The zero-order chi connectivity index (χ0) is 16.2. The molecule has 0 saturated carbocycles. The number of aromatic nitrogens is 1. The van der Waals surface area contributed by atoms with Crippen molar-refractivity contribution in [1.82, 2.24) is 9.88 Å². The van der Waals surface area contributed by atoms with Gasteiger partial charge in [-0.1, -0.05) is 41.9 Å². The molecule has 0 spiro atoms. The van der Waals surface area contributed by atoms with Gasteiger partial charge in [-0.25, -0.2) is 4.98 Å². The van der Waals surface area contributed by atoms with Gasteiger partial charge in [0.25, 0.3) is 5.91 Å². The summed E-state index contributed by atoms with van der Waals surface area (Å²) in [5.74, 6) is 0.369. The van der Waals surface area contributed by atoms with E-state index in [0.717, 1.165) is 24.4 Å². The van der Waals surface area contributed by atoms with E-state index >= 15 is 0 Å². The number of ether oxygens (including phenoxy) is 1. The summed E-state index contributed by atoms with van der Waals surface area (Å²) in [6.07, 6.45) is 0.970. The van der Waals surface area contributed by atoms with Gasteiger partial charge in [-0.15, -0.1) is 11.3 Å². The Labute approximate surface area is 145 Å². The number of carbonyl (C=O) groups excluding carboxylic acids is 1. The smallest absolute Gasteiger partial charge is 0.273 e. The summed E-state index contributed by atoms with van der Waals surface area (Å²) in [6, 6.07) is 10.1. The van der Waals surface area contributed by atoms with Crippen LogP contribution in [0.3, 0.4) is 0 Å². The van der Waals surface area contributed by atoms with Gasteiger partial charge < -0.3 is 9.64 Å². The lowest BCUT2D eigenvalue weighted by Gasteiger charge is -2.16. The molecule has 0 radical (unpaired) electrons. The Kier molecular flexibility index (Phi) is 5.30. The summed E-state index contributed by atoms with van der Waals surface area (Å²) in [5, 5.41) is 0. The van der Waals surface area contributed by atoms with E-state index in [0.29, 0.717) is 29.3 Å². The molecular formula is C17H19ClN2O2S. The molecule has 4 nitrogen and oxygen atoms in total. The van der Waals surface area contributed by atoms with E-state index in [1.54, 1.807) is 0 Å². The number of nitrogens with zero attached hydrogens (tertiary/aromatic N) is 2. The molecule has 3 rings (SSSR count). The van der Waals surface area contributed by atoms with Crippen molar-refractivity contribution in [3.63, 3.8) is 0 Å². The lowest BCUT2D eigenvalue weighted by Crippen LogP contribution is -2.30. The SMILES string of the molecule is Cc1sc(Cl)nc1C(=O)N1CC[C@@H](COCc2ccccc2)C1. The van der Waals surface area contributed by atoms with Gasteiger partial charge >= 0.3 is 0 Å². The number of hydrogen-bond donors (Lipinski definition) is 0. The highest BCUT2D eigenvalue weighted by atomic mass is 35.5. The molecule has 2 heterocycles. The van der Waals surface area contributed by atoms with Crippen molar-refractivity contribution < 1.29 is 9.53 Å². The first kappa shape index (κ1) is 16.4. The van der Waals surface area contributed by atoms with Crippen LogP contribution in [0.15, 0.2) is 30.3 Å². The van der Waals surface area contributed by atoms with Crippen LogP contribution in [0.2, 0.25) is 4.47 Å². The van der Waals surface area contributed by atoms with Crippen LogP contribution >= 0.6 is 22.9 Å². The Balaban J connectivity index is 1.48. The monoisotopic (exact) mass is 350 g/mol. The van der Waals surface area contributed by atoms with E-state index in [4.69, 9.17) is 16.3 Å². The van der Waals surface area contributed by atoms with Crippen molar-refractivity contribution in [2.45, 2.75) is 20.0 Å². The van der Waals surface area contributed by atoms with Gasteiger partial charge in [-0.2, -0.15) is 0 Å². The van der Waals surface area contributed by atoms with Crippen molar-refractivity contribution in [2.24, 2.45) is 5.92 Å². The van der Waals surface area contributed by atoms with E-state index in [1.807, 2.05) is 30.0 Å². The van der Waals surface area contributed by atoms with Crippen molar-refractivity contribution in [2.75, 3.05) is 19.7 Å². The Morgan fingerprint density at radius 1 is 1.43 bits per heavy atom. The maximum absolute atomic E-state index is 12.5. The van der Waals surface area contributed by atoms with E-state index in [-0.39, 0.29) is 5.91 Å². The van der Waals surface area contributed by atoms with E-state index in [1.165, 1.54) is 16.9 Å². The van der Waals surface area contributed by atoms with Crippen LogP contribution in [0.4, 0.5) is 0 Å². The molecular weight excluding hydrogens is 332 g/mol. The lowest BCUT2D eigenvalue weighted by atomic mass is 10.1. The molecule has 1 amide bonds. The highest BCUT2D eigenvalue weighted by Gasteiger charge is 2.29. The van der Waals surface area contributed by atoms with Gasteiger partial charge in [-0.05, 0) is 18.9 Å². The predicted octanol–water partition coefficient (Wildman–Crippen LogP) is 3.78. The van der Waals surface area contributed by atoms with Crippen molar-refractivity contribution >= 4 is 28.8 Å². The summed E-state index contributed by atoms with van der Waals surface area (Å²) in [4.78, 5) is 19.4. The van der Waals surface area contributed by atoms with Gasteiger partial charge in [0.2, 0.25) is 0 Å². The van der Waals surface area contributed by atoms with Crippen LogP contribution in [-0.2, 0) is 11.3 Å². The Hall–Kier alpha value is -1.43. The maximum atomic E-state index is 12.5. The predicted molar refractivity (Wildman–Crippen MR) is 92.0 cm³/mol. The zero-order valence-corrected chi connectivity index (χ0v) is 14.6. The number of hydrogen-bond acceptors (Lipinski definition) is 4. The number of likely N-dealkylation sites (tertiary alicyclic amines) is 1. The van der Waals surface area contributed by atoms with Crippen molar-refractivity contribution in [3.05, 3.63) is 50.9 Å². The van der Waals surface area contributed by atoms with Gasteiger partial charge in [0.15, 0.2) is 4.47 Å². The number of benzene rings is 1. The van der Waals surface area contributed by atoms with Crippen LogP contribution < -0.4 is 0 Å². The fourth-order valence-corrected chi connectivity index (χ4v) is 3.83. The minimum Gasteiger partial charge on any atom is -0.376 e. The van der Waals surface area contributed by atoms with Crippen LogP contribution in [0, 0.1) is 12.8 Å². The van der Waals surface area contributed by atoms with Crippen LogP contribution in [-0.4, -0.2) is 35.5 Å². The maximum Gasteiger partial charge on any atom is 0.273 e. The topological polar surface area (TPSA) is 42.4 Å². The molecule has 6 heteroatoms. The van der Waals surface area contributed by atoms with Gasteiger partial charge in [0.1, 0.15) is 5.69 Å². The highest BCUT2D eigenvalue weighted by Crippen LogP contribution is 2.25. The first-order chi connectivity index (χ1) is 11.1. The number of carbonyl (C=O) groups is 1. The molecule has 1 aliphatic rings. The van der Waals surface area contributed by atoms with Gasteiger partial charge in [0, 0.05) is 23.9 Å². The Bertz CT molecular complexity index is 674. The summed E-state index contributed by atoms with van der Waals surface area (Å²) >= 11 is 7.24. The Morgan fingerprint density at radius 2 is 2.22 bits per heavy atom. The number of amides is 1. The molecule has 0 N–H and O–H groups in total. The zero-order valence-electron chi connectivity index (χ0n) is 13.0.